The highest BCUT2D eigenvalue weighted by molar-refractivity contribution is 7.90. The molecule has 11 heteroatoms. The second kappa shape index (κ2) is 9.33. The predicted octanol–water partition coefficient (Wildman–Crippen LogP) is 4.58. The summed E-state index contributed by atoms with van der Waals surface area (Å²) >= 11 is 0.953. The molecule has 1 heterocycles. The van der Waals surface area contributed by atoms with E-state index in [1.165, 1.54) is 42.8 Å². The summed E-state index contributed by atoms with van der Waals surface area (Å²) in [6.07, 6.45) is -4.50. The van der Waals surface area contributed by atoms with Gasteiger partial charge >= 0.3 is 12.1 Å². The Morgan fingerprint density at radius 2 is 1.97 bits per heavy atom. The Hall–Kier alpha value is -3.23. The van der Waals surface area contributed by atoms with Crippen molar-refractivity contribution in [3.63, 3.8) is 0 Å². The van der Waals surface area contributed by atoms with Gasteiger partial charge < -0.3 is 15.2 Å². The lowest BCUT2D eigenvalue weighted by Gasteiger charge is -2.10. The lowest BCUT2D eigenvalue weighted by atomic mass is 10.0. The molecule has 0 fully saturated rings. The fourth-order valence-corrected chi connectivity index (χ4v) is 4.80. The van der Waals surface area contributed by atoms with E-state index in [0.717, 1.165) is 17.6 Å². The van der Waals surface area contributed by atoms with E-state index in [9.17, 15) is 31.5 Å². The maximum Gasteiger partial charge on any atom is 0.393 e. The molecule has 0 bridgehead atoms. The molecule has 3 rings (SSSR count). The highest BCUT2D eigenvalue weighted by atomic mass is 32.2. The maximum atomic E-state index is 12.9. The number of anilines is 1. The summed E-state index contributed by atoms with van der Waals surface area (Å²) in [6.45, 7) is 0.0913. The van der Waals surface area contributed by atoms with Gasteiger partial charge in [0, 0.05) is 22.6 Å². The smallest absolute Gasteiger partial charge is 0.393 e. The van der Waals surface area contributed by atoms with Crippen LogP contribution in [0.15, 0.2) is 40.6 Å². The molecule has 0 saturated heterocycles. The average Bonchev–Trinajstić information content (AvgIpc) is 3.10. The zero-order valence-electron chi connectivity index (χ0n) is 17.4. The third-order valence-corrected chi connectivity index (χ3v) is 6.76. The Labute approximate surface area is 191 Å². The molecule has 0 saturated carbocycles. The number of carboxylic acid groups (broad SMARTS) is 1. The van der Waals surface area contributed by atoms with Crippen LogP contribution in [0.5, 0.6) is 5.75 Å². The van der Waals surface area contributed by atoms with E-state index in [-0.39, 0.29) is 38.2 Å². The number of carbonyl (C=O) groups is 1. The van der Waals surface area contributed by atoms with E-state index >= 15 is 0 Å². The molecule has 6 nitrogen and oxygen atoms in total. The minimum atomic E-state index is -4.42. The molecule has 0 aliphatic carbocycles. The van der Waals surface area contributed by atoms with Crippen LogP contribution in [0.25, 0.3) is 10.1 Å². The van der Waals surface area contributed by atoms with E-state index in [0.29, 0.717) is 11.4 Å². The van der Waals surface area contributed by atoms with Crippen LogP contribution < -0.4 is 10.1 Å². The Bertz CT molecular complexity index is 1380. The molecule has 0 spiro atoms. The molecule has 0 aliphatic heterocycles. The van der Waals surface area contributed by atoms with Crippen molar-refractivity contribution in [2.45, 2.75) is 17.5 Å². The number of rotatable bonds is 6. The van der Waals surface area contributed by atoms with Crippen molar-refractivity contribution < 1.29 is 36.2 Å². The molecule has 3 aromatic rings. The lowest BCUT2D eigenvalue weighted by molar-refractivity contribution is -0.126. The van der Waals surface area contributed by atoms with Gasteiger partial charge in [0.05, 0.1) is 36.2 Å². The standard InChI is InChI=1S/C22H18F3NO5S2/c1-31-19-10-15(33(2,29)30)5-6-18(19)26-7-3-4-13-8-16-14(11-22(23,24)25)12-32-20(16)17(9-13)21(27)28/h5-6,8-10,12,26H,7,11H2,1-2H3,(H,27,28). The molecule has 0 radical (unpaired) electrons. The Kier molecular flexibility index (Phi) is 6.90. The van der Waals surface area contributed by atoms with Crippen LogP contribution in [0, 0.1) is 11.8 Å². The number of ether oxygens (including phenoxy) is 1. The number of halogens is 3. The molecule has 0 aliphatic rings. The fraction of sp³-hybridized carbons (Fsp3) is 0.227. The van der Waals surface area contributed by atoms with Crippen molar-refractivity contribution >= 4 is 42.9 Å². The number of nitrogens with one attached hydrogen (secondary N) is 1. The minimum absolute atomic E-state index is 0.00229. The SMILES string of the molecule is COc1cc(S(C)(=O)=O)ccc1NCC#Cc1cc(C(=O)O)c2scc(CC(F)(F)F)c2c1. The molecule has 33 heavy (non-hydrogen) atoms. The number of alkyl halides is 3. The van der Waals surface area contributed by atoms with Crippen molar-refractivity contribution in [3.05, 3.63) is 52.4 Å². The first-order valence-electron chi connectivity index (χ1n) is 9.34. The van der Waals surface area contributed by atoms with Crippen LogP contribution in [0.3, 0.4) is 0 Å². The van der Waals surface area contributed by atoms with Gasteiger partial charge in [-0.2, -0.15) is 13.2 Å². The van der Waals surface area contributed by atoms with Crippen LogP contribution in [0.4, 0.5) is 18.9 Å². The van der Waals surface area contributed by atoms with Crippen molar-refractivity contribution in [2.24, 2.45) is 0 Å². The number of hydrogen-bond acceptors (Lipinski definition) is 6. The van der Waals surface area contributed by atoms with Crippen molar-refractivity contribution in [1.82, 2.24) is 0 Å². The molecular formula is C22H18F3NO5S2. The van der Waals surface area contributed by atoms with Crippen LogP contribution in [0.2, 0.25) is 0 Å². The fourth-order valence-electron chi connectivity index (χ4n) is 3.11. The average molecular weight is 498 g/mol. The number of aromatic carboxylic acids is 1. The molecule has 0 atom stereocenters. The number of hydrogen-bond donors (Lipinski definition) is 2. The quantitative estimate of drug-likeness (QED) is 0.485. The van der Waals surface area contributed by atoms with Gasteiger partial charge in [0.25, 0.3) is 0 Å². The van der Waals surface area contributed by atoms with Gasteiger partial charge in [-0.05, 0) is 40.6 Å². The summed E-state index contributed by atoms with van der Waals surface area (Å²) in [4.78, 5) is 11.7. The third kappa shape index (κ3) is 5.97. The predicted molar refractivity (Wildman–Crippen MR) is 120 cm³/mol. The molecule has 174 valence electrons. The molecule has 0 unspecified atom stereocenters. The Morgan fingerprint density at radius 3 is 2.58 bits per heavy atom. The Balaban J connectivity index is 1.87. The van der Waals surface area contributed by atoms with Gasteiger partial charge in [-0.1, -0.05) is 11.8 Å². The minimum Gasteiger partial charge on any atom is -0.495 e. The van der Waals surface area contributed by atoms with E-state index in [1.54, 1.807) is 0 Å². The van der Waals surface area contributed by atoms with Gasteiger partial charge in [0.15, 0.2) is 9.84 Å². The molecule has 1 aromatic heterocycles. The third-order valence-electron chi connectivity index (χ3n) is 4.58. The summed E-state index contributed by atoms with van der Waals surface area (Å²) in [5, 5.41) is 14.0. The summed E-state index contributed by atoms with van der Waals surface area (Å²) in [6, 6.07) is 7.09. The largest absolute Gasteiger partial charge is 0.495 e. The monoisotopic (exact) mass is 497 g/mol. The van der Waals surface area contributed by atoms with Crippen LogP contribution in [-0.2, 0) is 16.3 Å². The number of methoxy groups -OCH3 is 1. The number of thiophene rings is 1. The van der Waals surface area contributed by atoms with Gasteiger partial charge in [-0.3, -0.25) is 0 Å². The first-order valence-corrected chi connectivity index (χ1v) is 12.1. The first-order chi connectivity index (χ1) is 15.4. The number of sulfone groups is 1. The topological polar surface area (TPSA) is 92.7 Å². The van der Waals surface area contributed by atoms with E-state index in [1.807, 2.05) is 0 Å². The van der Waals surface area contributed by atoms with Gasteiger partial charge in [-0.25, -0.2) is 13.2 Å². The summed E-state index contributed by atoms with van der Waals surface area (Å²) in [7, 11) is -2.02. The second-order valence-corrected chi connectivity index (χ2v) is 9.94. The molecule has 2 N–H and O–H groups in total. The highest BCUT2D eigenvalue weighted by Crippen LogP contribution is 2.34. The summed E-state index contributed by atoms with van der Waals surface area (Å²) < 4.78 is 67.4. The van der Waals surface area contributed by atoms with Crippen LogP contribution >= 0.6 is 11.3 Å². The van der Waals surface area contributed by atoms with Gasteiger partial charge in [0.1, 0.15) is 5.75 Å². The zero-order valence-corrected chi connectivity index (χ0v) is 19.0. The number of fused-ring (bicyclic) bond motifs is 1. The normalized spacial score (nSPS) is 11.7. The molecule has 2 aromatic carbocycles. The van der Waals surface area contributed by atoms with Gasteiger partial charge in [0.2, 0.25) is 0 Å². The van der Waals surface area contributed by atoms with E-state index < -0.39 is 28.4 Å². The second-order valence-electron chi connectivity index (χ2n) is 7.05. The van der Waals surface area contributed by atoms with Gasteiger partial charge in [-0.15, -0.1) is 11.3 Å². The van der Waals surface area contributed by atoms with Crippen molar-refractivity contribution in [2.75, 3.05) is 25.2 Å². The van der Waals surface area contributed by atoms with Crippen molar-refractivity contribution in [3.8, 4) is 17.6 Å². The van der Waals surface area contributed by atoms with Crippen LogP contribution in [-0.4, -0.2) is 45.6 Å². The maximum absolute atomic E-state index is 12.9. The zero-order chi connectivity index (χ0) is 24.4. The summed E-state index contributed by atoms with van der Waals surface area (Å²) in [5.74, 6) is 4.60. The van der Waals surface area contributed by atoms with Crippen molar-refractivity contribution in [1.29, 1.82) is 0 Å². The first kappa shape index (κ1) is 24.4. The Morgan fingerprint density at radius 1 is 1.24 bits per heavy atom. The number of benzene rings is 2. The number of carboxylic acids is 1. The molecule has 0 amide bonds. The molecular weight excluding hydrogens is 479 g/mol. The highest BCUT2D eigenvalue weighted by Gasteiger charge is 2.29. The van der Waals surface area contributed by atoms with E-state index in [2.05, 4.69) is 17.2 Å². The lowest BCUT2D eigenvalue weighted by Crippen LogP contribution is -2.11. The van der Waals surface area contributed by atoms with E-state index in [4.69, 9.17) is 4.74 Å². The van der Waals surface area contributed by atoms with Crippen LogP contribution in [0.1, 0.15) is 21.5 Å². The summed E-state index contributed by atoms with van der Waals surface area (Å²) in [5.41, 5.74) is 0.651.